The number of carbonyl (C=O) groups is 1. The number of benzene rings is 1. The second-order valence-corrected chi connectivity index (χ2v) is 8.69. The Morgan fingerprint density at radius 1 is 1.37 bits per heavy atom. The van der Waals surface area contributed by atoms with Crippen LogP contribution in [0.4, 0.5) is 4.39 Å². The highest BCUT2D eigenvalue weighted by molar-refractivity contribution is 6.00. The number of halogens is 1. The summed E-state index contributed by atoms with van der Waals surface area (Å²) in [5.74, 6) is -0.561. The van der Waals surface area contributed by atoms with E-state index in [-0.39, 0.29) is 30.0 Å². The summed E-state index contributed by atoms with van der Waals surface area (Å²) in [6.07, 6.45) is 2.52. The number of nitrogens with one attached hydrogen (secondary N) is 2. The average molecular weight is 375 g/mol. The highest BCUT2D eigenvalue weighted by Crippen LogP contribution is 2.44. The van der Waals surface area contributed by atoms with Crippen molar-refractivity contribution in [1.29, 1.82) is 5.41 Å². The Bertz CT molecular complexity index is 789. The van der Waals surface area contributed by atoms with Crippen LogP contribution < -0.4 is 10.1 Å². The van der Waals surface area contributed by atoms with Crippen molar-refractivity contribution < 1.29 is 18.7 Å². The molecule has 6 nitrogen and oxygen atoms in total. The minimum Gasteiger partial charge on any atom is -0.490 e. The van der Waals surface area contributed by atoms with E-state index >= 15 is 0 Å². The third-order valence-corrected chi connectivity index (χ3v) is 6.06. The molecule has 3 aliphatic rings. The number of amides is 1. The molecule has 0 bridgehead atoms. The zero-order valence-corrected chi connectivity index (χ0v) is 16.0. The first-order valence-electron chi connectivity index (χ1n) is 9.41. The van der Waals surface area contributed by atoms with Gasteiger partial charge in [-0.2, -0.15) is 0 Å². The average Bonchev–Trinajstić information content (AvgIpc) is 2.60. The number of hydrogen-bond donors (Lipinski definition) is 2. The van der Waals surface area contributed by atoms with Crippen molar-refractivity contribution in [2.24, 2.45) is 11.3 Å². The van der Waals surface area contributed by atoms with Gasteiger partial charge in [-0.25, -0.2) is 4.39 Å². The summed E-state index contributed by atoms with van der Waals surface area (Å²) in [4.78, 5) is 14.1. The largest absolute Gasteiger partial charge is 0.490 e. The molecule has 7 heteroatoms. The normalized spacial score (nSPS) is 30.4. The first-order valence-corrected chi connectivity index (χ1v) is 9.41. The molecule has 1 aliphatic carbocycles. The van der Waals surface area contributed by atoms with E-state index in [2.05, 4.69) is 19.2 Å². The number of carbonyl (C=O) groups excluding carboxylic acids is 1. The van der Waals surface area contributed by atoms with Gasteiger partial charge < -0.3 is 14.8 Å². The SMILES string of the molecule is CN1C(=N)N[C@@]2(c3cc(OC4CC(C)(C)C4)ccc3F)COCC[C@H]2C1=O. The van der Waals surface area contributed by atoms with Gasteiger partial charge in [0.25, 0.3) is 0 Å². The first kappa shape index (κ1) is 18.2. The molecule has 2 aliphatic heterocycles. The van der Waals surface area contributed by atoms with E-state index in [1.54, 1.807) is 19.2 Å². The highest BCUT2D eigenvalue weighted by atomic mass is 19.1. The summed E-state index contributed by atoms with van der Waals surface area (Å²) in [7, 11) is 1.56. The number of rotatable bonds is 3. The van der Waals surface area contributed by atoms with Gasteiger partial charge in [0.1, 0.15) is 17.1 Å². The van der Waals surface area contributed by atoms with Crippen LogP contribution in [0.1, 0.15) is 38.7 Å². The number of fused-ring (bicyclic) bond motifs is 1. The molecule has 0 unspecified atom stereocenters. The number of guanidine groups is 1. The molecule has 2 atom stereocenters. The maximum absolute atomic E-state index is 14.9. The predicted octanol–water partition coefficient (Wildman–Crippen LogP) is 2.62. The van der Waals surface area contributed by atoms with Crippen LogP contribution in [0, 0.1) is 22.6 Å². The van der Waals surface area contributed by atoms with Crippen LogP contribution in [0.2, 0.25) is 0 Å². The summed E-state index contributed by atoms with van der Waals surface area (Å²) < 4.78 is 26.5. The summed E-state index contributed by atoms with van der Waals surface area (Å²) in [6.45, 7) is 4.98. The summed E-state index contributed by atoms with van der Waals surface area (Å²) in [5, 5.41) is 11.2. The second-order valence-electron chi connectivity index (χ2n) is 8.69. The molecule has 0 radical (unpaired) electrons. The van der Waals surface area contributed by atoms with Gasteiger partial charge in [0.05, 0.1) is 18.6 Å². The molecule has 0 aromatic heterocycles. The molecular weight excluding hydrogens is 349 g/mol. The highest BCUT2D eigenvalue weighted by Gasteiger charge is 2.53. The van der Waals surface area contributed by atoms with Crippen molar-refractivity contribution in [2.75, 3.05) is 20.3 Å². The van der Waals surface area contributed by atoms with Crippen molar-refractivity contribution in [2.45, 2.75) is 44.8 Å². The van der Waals surface area contributed by atoms with Crippen LogP contribution in [-0.2, 0) is 15.1 Å². The maximum atomic E-state index is 14.9. The van der Waals surface area contributed by atoms with Crippen molar-refractivity contribution in [1.82, 2.24) is 10.2 Å². The van der Waals surface area contributed by atoms with Crippen molar-refractivity contribution in [3.63, 3.8) is 0 Å². The zero-order valence-electron chi connectivity index (χ0n) is 16.0. The van der Waals surface area contributed by atoms with Crippen LogP contribution in [-0.4, -0.2) is 43.1 Å². The van der Waals surface area contributed by atoms with Gasteiger partial charge in [-0.15, -0.1) is 0 Å². The lowest BCUT2D eigenvalue weighted by Crippen LogP contribution is -2.68. The maximum Gasteiger partial charge on any atom is 0.235 e. The number of ether oxygens (including phenoxy) is 2. The summed E-state index contributed by atoms with van der Waals surface area (Å²) in [5.41, 5.74) is -0.471. The molecule has 4 rings (SSSR count). The quantitative estimate of drug-likeness (QED) is 0.852. The standard InChI is InChI=1S/C20H26FN3O3/c1-19(2)9-13(10-19)27-12-4-5-16(21)15(8-12)20-11-26-7-6-14(20)17(25)24(3)18(22)23-20/h4-5,8,13-14H,6-7,9-11H2,1-3H3,(H2,22,23)/t14-,20-/m0/s1. The molecular formula is C20H26FN3O3. The minimum atomic E-state index is -1.08. The Labute approximate surface area is 158 Å². The second kappa shape index (κ2) is 6.19. The Morgan fingerprint density at radius 2 is 2.11 bits per heavy atom. The molecule has 0 spiro atoms. The van der Waals surface area contributed by atoms with Gasteiger partial charge in [0, 0.05) is 19.2 Å². The number of nitrogens with zero attached hydrogens (tertiary/aromatic N) is 1. The van der Waals surface area contributed by atoms with E-state index in [1.807, 2.05) is 0 Å². The fraction of sp³-hybridized carbons (Fsp3) is 0.600. The molecule has 1 aromatic rings. The fourth-order valence-electron chi connectivity index (χ4n) is 4.58. The number of hydrogen-bond acceptors (Lipinski definition) is 4. The van der Waals surface area contributed by atoms with E-state index < -0.39 is 17.3 Å². The lowest BCUT2D eigenvalue weighted by atomic mass is 9.70. The smallest absolute Gasteiger partial charge is 0.235 e. The van der Waals surface area contributed by atoms with Crippen LogP contribution in [0.15, 0.2) is 18.2 Å². The lowest BCUT2D eigenvalue weighted by Gasteiger charge is -2.49. The van der Waals surface area contributed by atoms with Gasteiger partial charge >= 0.3 is 0 Å². The molecule has 1 amide bonds. The zero-order chi connectivity index (χ0) is 19.4. The van der Waals surface area contributed by atoms with E-state index in [9.17, 15) is 9.18 Å². The van der Waals surface area contributed by atoms with E-state index in [4.69, 9.17) is 14.9 Å². The molecule has 146 valence electrons. The van der Waals surface area contributed by atoms with E-state index in [0.717, 1.165) is 12.8 Å². The Hall–Kier alpha value is -2.15. The van der Waals surface area contributed by atoms with E-state index in [1.165, 1.54) is 11.0 Å². The molecule has 2 saturated heterocycles. The molecule has 27 heavy (non-hydrogen) atoms. The molecule has 1 aromatic carbocycles. The topological polar surface area (TPSA) is 74.7 Å². The van der Waals surface area contributed by atoms with Crippen molar-refractivity contribution in [3.05, 3.63) is 29.6 Å². The Balaban J connectivity index is 1.68. The van der Waals surface area contributed by atoms with Gasteiger partial charge in [-0.1, -0.05) is 13.8 Å². The minimum absolute atomic E-state index is 0.0480. The van der Waals surface area contributed by atoms with Gasteiger partial charge in [-0.3, -0.25) is 15.1 Å². The van der Waals surface area contributed by atoms with Crippen molar-refractivity contribution >= 4 is 11.9 Å². The van der Waals surface area contributed by atoms with Crippen molar-refractivity contribution in [3.8, 4) is 5.75 Å². The lowest BCUT2D eigenvalue weighted by molar-refractivity contribution is -0.143. The third kappa shape index (κ3) is 2.98. The van der Waals surface area contributed by atoms with Crippen LogP contribution >= 0.6 is 0 Å². The molecule has 2 heterocycles. The summed E-state index contributed by atoms with van der Waals surface area (Å²) >= 11 is 0. The van der Waals surface area contributed by atoms with Gasteiger partial charge in [0.2, 0.25) is 5.91 Å². The van der Waals surface area contributed by atoms with Gasteiger partial charge in [0.15, 0.2) is 5.96 Å². The molecule has 3 fully saturated rings. The molecule has 2 N–H and O–H groups in total. The van der Waals surface area contributed by atoms with Gasteiger partial charge in [-0.05, 0) is 42.9 Å². The third-order valence-electron chi connectivity index (χ3n) is 6.06. The van der Waals surface area contributed by atoms with Crippen LogP contribution in [0.25, 0.3) is 0 Å². The van der Waals surface area contributed by atoms with Crippen LogP contribution in [0.3, 0.4) is 0 Å². The molecule has 1 saturated carbocycles. The predicted molar refractivity (Wildman–Crippen MR) is 98.1 cm³/mol. The Morgan fingerprint density at radius 3 is 2.81 bits per heavy atom. The monoisotopic (exact) mass is 375 g/mol. The summed E-state index contributed by atoms with van der Waals surface area (Å²) in [6, 6.07) is 4.67. The first-order chi connectivity index (χ1) is 12.7. The van der Waals surface area contributed by atoms with Crippen LogP contribution in [0.5, 0.6) is 5.75 Å². The Kier molecular flexibility index (Phi) is 4.18. The van der Waals surface area contributed by atoms with E-state index in [0.29, 0.717) is 24.3 Å². The fourth-order valence-corrected chi connectivity index (χ4v) is 4.58.